The van der Waals surface area contributed by atoms with E-state index < -0.39 is 12.7 Å². The van der Waals surface area contributed by atoms with E-state index in [2.05, 4.69) is 5.43 Å². The van der Waals surface area contributed by atoms with Gasteiger partial charge < -0.3 is 0 Å². The van der Waals surface area contributed by atoms with Gasteiger partial charge in [0.15, 0.2) is 0 Å². The molecule has 66 valence electrons. The van der Waals surface area contributed by atoms with Gasteiger partial charge in [0.25, 0.3) is 0 Å². The van der Waals surface area contributed by atoms with Crippen LogP contribution in [-0.2, 0) is 0 Å². The van der Waals surface area contributed by atoms with Gasteiger partial charge in [-0.3, -0.25) is 10.4 Å². The molecule has 0 radical (unpaired) electrons. The summed E-state index contributed by atoms with van der Waals surface area (Å²) < 4.78 is 35.0. The topological polar surface area (TPSA) is 39.1 Å². The number of amidine groups is 1. The van der Waals surface area contributed by atoms with E-state index in [1.54, 1.807) is 0 Å². The molecule has 0 bridgehead atoms. The van der Waals surface area contributed by atoms with Crippen molar-refractivity contribution in [1.82, 2.24) is 10.4 Å². The van der Waals surface area contributed by atoms with Gasteiger partial charge in [0.2, 0.25) is 0 Å². The van der Waals surface area contributed by atoms with Crippen LogP contribution < -0.4 is 5.43 Å². The quantitative estimate of drug-likeness (QED) is 0.367. The first-order valence-electron chi connectivity index (χ1n) is 2.93. The van der Waals surface area contributed by atoms with Crippen molar-refractivity contribution in [3.8, 4) is 0 Å². The fourth-order valence-electron chi connectivity index (χ4n) is 0.545. The Labute approximate surface area is 62.7 Å². The minimum atomic E-state index is -4.27. The van der Waals surface area contributed by atoms with Gasteiger partial charge in [-0.1, -0.05) is 0 Å². The number of nitrogens with one attached hydrogen (secondary N) is 2. The van der Waals surface area contributed by atoms with E-state index in [9.17, 15) is 13.2 Å². The Morgan fingerprint density at radius 3 is 2.09 bits per heavy atom. The van der Waals surface area contributed by atoms with Crippen LogP contribution in [0.2, 0.25) is 0 Å². The summed E-state index contributed by atoms with van der Waals surface area (Å²) in [5, 5.41) is 7.60. The summed E-state index contributed by atoms with van der Waals surface area (Å²) >= 11 is 0. The van der Waals surface area contributed by atoms with Crippen LogP contribution in [0, 0.1) is 5.41 Å². The maximum absolute atomic E-state index is 11.7. The van der Waals surface area contributed by atoms with Crippen LogP contribution in [0.4, 0.5) is 13.2 Å². The van der Waals surface area contributed by atoms with Crippen LogP contribution in [0.3, 0.4) is 0 Å². The fourth-order valence-corrected chi connectivity index (χ4v) is 0.545. The van der Waals surface area contributed by atoms with Crippen LogP contribution in [0.25, 0.3) is 0 Å². The van der Waals surface area contributed by atoms with E-state index in [0.717, 1.165) is 0 Å². The van der Waals surface area contributed by atoms with Crippen LogP contribution in [0.1, 0.15) is 6.92 Å². The lowest BCUT2D eigenvalue weighted by atomic mass is 10.5. The van der Waals surface area contributed by atoms with E-state index in [1.165, 1.54) is 14.0 Å². The molecule has 0 rings (SSSR count). The minimum Gasteiger partial charge on any atom is -0.288 e. The summed E-state index contributed by atoms with van der Waals surface area (Å²) in [5.74, 6) is -0.162. The number of halogens is 3. The van der Waals surface area contributed by atoms with Crippen molar-refractivity contribution in [2.24, 2.45) is 0 Å². The Balaban J connectivity index is 3.99. The van der Waals surface area contributed by atoms with Crippen molar-refractivity contribution in [3.05, 3.63) is 0 Å². The van der Waals surface area contributed by atoms with Gasteiger partial charge >= 0.3 is 6.18 Å². The number of hydrogen-bond acceptors (Lipinski definition) is 2. The van der Waals surface area contributed by atoms with Gasteiger partial charge in [0, 0.05) is 7.05 Å². The lowest BCUT2D eigenvalue weighted by Gasteiger charge is -2.22. The van der Waals surface area contributed by atoms with Crippen LogP contribution in [0.5, 0.6) is 0 Å². The van der Waals surface area contributed by atoms with Crippen molar-refractivity contribution in [2.75, 3.05) is 13.6 Å². The summed E-state index contributed by atoms with van der Waals surface area (Å²) in [6, 6.07) is 0. The van der Waals surface area contributed by atoms with E-state index in [-0.39, 0.29) is 5.84 Å². The third-order valence-corrected chi connectivity index (χ3v) is 1.01. The molecule has 0 aromatic carbocycles. The second-order valence-electron chi connectivity index (χ2n) is 2.01. The molecule has 3 nitrogen and oxygen atoms in total. The molecule has 0 heterocycles. The predicted molar refractivity (Wildman–Crippen MR) is 35.2 cm³/mol. The third kappa shape index (κ3) is 4.60. The predicted octanol–water partition coefficient (Wildman–Crippen LogP) is 0.982. The highest BCUT2D eigenvalue weighted by Gasteiger charge is 2.30. The normalized spacial score (nSPS) is 11.4. The maximum Gasteiger partial charge on any atom is 0.407 e. The first-order chi connectivity index (χ1) is 4.87. The van der Waals surface area contributed by atoms with E-state index >= 15 is 0 Å². The van der Waals surface area contributed by atoms with Gasteiger partial charge in [-0.25, -0.2) is 5.43 Å². The van der Waals surface area contributed by atoms with E-state index in [0.29, 0.717) is 5.01 Å². The molecule has 0 fully saturated rings. The lowest BCUT2D eigenvalue weighted by molar-refractivity contribution is -0.142. The Morgan fingerprint density at radius 1 is 1.55 bits per heavy atom. The Morgan fingerprint density at radius 2 is 2.00 bits per heavy atom. The van der Waals surface area contributed by atoms with Crippen molar-refractivity contribution >= 4 is 5.84 Å². The summed E-state index contributed by atoms with van der Waals surface area (Å²) in [4.78, 5) is 0. The number of rotatable bonds is 2. The van der Waals surface area contributed by atoms with Crippen molar-refractivity contribution in [1.29, 1.82) is 5.41 Å². The molecule has 0 saturated carbocycles. The molecule has 0 aliphatic carbocycles. The molecular weight excluding hydrogens is 159 g/mol. The molecule has 0 unspecified atom stereocenters. The summed E-state index contributed by atoms with van der Waals surface area (Å²) in [6.07, 6.45) is -4.27. The molecule has 0 aromatic heterocycles. The molecule has 0 amide bonds. The van der Waals surface area contributed by atoms with E-state index in [1.807, 2.05) is 0 Å². The van der Waals surface area contributed by atoms with Crippen LogP contribution in [-0.4, -0.2) is 30.6 Å². The Kier molecular flexibility index (Phi) is 3.31. The zero-order valence-corrected chi connectivity index (χ0v) is 6.29. The highest BCUT2D eigenvalue weighted by Crippen LogP contribution is 2.15. The van der Waals surface area contributed by atoms with Gasteiger partial charge in [0.1, 0.15) is 12.4 Å². The molecule has 0 atom stereocenters. The van der Waals surface area contributed by atoms with Crippen molar-refractivity contribution in [3.63, 3.8) is 0 Å². The SMILES string of the molecule is CNN(CC(F)(F)F)C(C)=N. The van der Waals surface area contributed by atoms with Crippen molar-refractivity contribution < 1.29 is 13.2 Å². The van der Waals surface area contributed by atoms with Gasteiger partial charge in [-0.05, 0) is 6.92 Å². The average molecular weight is 169 g/mol. The zero-order chi connectivity index (χ0) is 9.07. The summed E-state index contributed by atoms with van der Waals surface area (Å²) in [5.41, 5.74) is 2.25. The van der Waals surface area contributed by atoms with E-state index in [4.69, 9.17) is 5.41 Å². The number of hydrazine groups is 1. The molecule has 6 heteroatoms. The summed E-state index contributed by atoms with van der Waals surface area (Å²) in [7, 11) is 1.34. The molecule has 11 heavy (non-hydrogen) atoms. The Hall–Kier alpha value is -0.780. The minimum absolute atomic E-state index is 0.162. The second-order valence-corrected chi connectivity index (χ2v) is 2.01. The molecule has 0 aliphatic heterocycles. The average Bonchev–Trinajstić information content (AvgIpc) is 1.80. The monoisotopic (exact) mass is 169 g/mol. The number of nitrogens with zero attached hydrogens (tertiary/aromatic N) is 1. The summed E-state index contributed by atoms with van der Waals surface area (Å²) in [6.45, 7) is 0.140. The maximum atomic E-state index is 11.7. The first kappa shape index (κ1) is 10.2. The highest BCUT2D eigenvalue weighted by atomic mass is 19.4. The van der Waals surface area contributed by atoms with Crippen LogP contribution >= 0.6 is 0 Å². The molecular formula is C5H10F3N3. The highest BCUT2D eigenvalue weighted by molar-refractivity contribution is 5.75. The lowest BCUT2D eigenvalue weighted by Crippen LogP contribution is -2.44. The van der Waals surface area contributed by atoms with Gasteiger partial charge in [-0.15, -0.1) is 0 Å². The third-order valence-electron chi connectivity index (χ3n) is 1.01. The number of hydrogen-bond donors (Lipinski definition) is 2. The molecule has 0 aliphatic rings. The molecule has 0 aromatic rings. The number of alkyl halides is 3. The molecule has 2 N–H and O–H groups in total. The molecule has 0 saturated heterocycles. The first-order valence-corrected chi connectivity index (χ1v) is 2.93. The second kappa shape index (κ2) is 3.56. The van der Waals surface area contributed by atoms with Crippen molar-refractivity contribution in [2.45, 2.75) is 13.1 Å². The molecule has 0 spiro atoms. The Bertz CT molecular complexity index is 142. The standard InChI is InChI=1S/C5H10F3N3/c1-4(9)11(10-2)3-5(6,7)8/h9-10H,3H2,1-2H3. The van der Waals surface area contributed by atoms with Crippen LogP contribution in [0.15, 0.2) is 0 Å². The zero-order valence-electron chi connectivity index (χ0n) is 6.29. The van der Waals surface area contributed by atoms with Gasteiger partial charge in [-0.2, -0.15) is 13.2 Å². The smallest absolute Gasteiger partial charge is 0.288 e. The van der Waals surface area contributed by atoms with Gasteiger partial charge in [0.05, 0.1) is 0 Å². The largest absolute Gasteiger partial charge is 0.407 e. The fraction of sp³-hybridized carbons (Fsp3) is 0.800.